The van der Waals surface area contributed by atoms with Crippen LogP contribution in [0, 0.1) is 5.92 Å². The zero-order valence-corrected chi connectivity index (χ0v) is 12.7. The highest BCUT2D eigenvalue weighted by molar-refractivity contribution is 5.92. The molecule has 3 nitrogen and oxygen atoms in total. The van der Waals surface area contributed by atoms with Gasteiger partial charge < -0.3 is 11.1 Å². The van der Waals surface area contributed by atoms with Crippen molar-refractivity contribution in [2.24, 2.45) is 11.7 Å². The molecule has 0 aromatic heterocycles. The lowest BCUT2D eigenvalue weighted by atomic mass is 9.86. The van der Waals surface area contributed by atoms with Crippen molar-refractivity contribution in [3.05, 3.63) is 29.8 Å². The van der Waals surface area contributed by atoms with Crippen LogP contribution >= 0.6 is 0 Å². The van der Waals surface area contributed by atoms with E-state index in [2.05, 4.69) is 32.2 Å². The Morgan fingerprint density at radius 3 is 2.37 bits per heavy atom. The molecule has 1 unspecified atom stereocenters. The van der Waals surface area contributed by atoms with Gasteiger partial charge >= 0.3 is 0 Å². The van der Waals surface area contributed by atoms with E-state index < -0.39 is 0 Å². The number of benzene rings is 1. The molecule has 1 amide bonds. The van der Waals surface area contributed by atoms with Gasteiger partial charge in [0.25, 0.3) is 0 Å². The highest BCUT2D eigenvalue weighted by atomic mass is 16.1. The van der Waals surface area contributed by atoms with Gasteiger partial charge in [-0.25, -0.2) is 0 Å². The van der Waals surface area contributed by atoms with Gasteiger partial charge in [0.1, 0.15) is 0 Å². The molecule has 0 saturated heterocycles. The molecule has 3 N–H and O–H groups in total. The van der Waals surface area contributed by atoms with Gasteiger partial charge in [0.15, 0.2) is 0 Å². The minimum Gasteiger partial charge on any atom is -0.327 e. The highest BCUT2D eigenvalue weighted by Crippen LogP contribution is 2.29. The largest absolute Gasteiger partial charge is 0.327 e. The lowest BCUT2D eigenvalue weighted by Gasteiger charge is -2.23. The van der Waals surface area contributed by atoms with E-state index in [0.29, 0.717) is 12.3 Å². The summed E-state index contributed by atoms with van der Waals surface area (Å²) in [5.41, 5.74) is 7.96. The molecule has 0 saturated carbocycles. The molecule has 0 aliphatic rings. The first-order chi connectivity index (χ1) is 8.71. The van der Waals surface area contributed by atoms with Gasteiger partial charge in [-0.2, -0.15) is 0 Å². The van der Waals surface area contributed by atoms with Crippen molar-refractivity contribution in [1.82, 2.24) is 0 Å². The zero-order valence-electron chi connectivity index (χ0n) is 12.7. The highest BCUT2D eigenvalue weighted by Gasteiger charge is 2.19. The molecular weight excluding hydrogens is 236 g/mol. The Labute approximate surface area is 116 Å². The van der Waals surface area contributed by atoms with Crippen LogP contribution in [0.4, 0.5) is 5.69 Å². The maximum atomic E-state index is 12.0. The van der Waals surface area contributed by atoms with Crippen LogP contribution in [0.3, 0.4) is 0 Å². The summed E-state index contributed by atoms with van der Waals surface area (Å²) < 4.78 is 0. The summed E-state index contributed by atoms with van der Waals surface area (Å²) in [5, 5.41) is 2.98. The van der Waals surface area contributed by atoms with E-state index in [0.717, 1.165) is 11.3 Å². The molecule has 1 atom stereocenters. The lowest BCUT2D eigenvalue weighted by Crippen LogP contribution is -2.32. The van der Waals surface area contributed by atoms with Crippen LogP contribution < -0.4 is 11.1 Å². The molecule has 0 aliphatic carbocycles. The number of nitrogens with one attached hydrogen (secondary N) is 1. The average molecular weight is 262 g/mol. The fourth-order valence-corrected chi connectivity index (χ4v) is 1.90. The average Bonchev–Trinajstić information content (AvgIpc) is 2.27. The van der Waals surface area contributed by atoms with E-state index >= 15 is 0 Å². The third kappa shape index (κ3) is 4.67. The molecule has 1 aromatic carbocycles. The van der Waals surface area contributed by atoms with Gasteiger partial charge in [0.05, 0.1) is 0 Å². The van der Waals surface area contributed by atoms with Gasteiger partial charge in [-0.15, -0.1) is 0 Å². The number of nitrogens with two attached hydrogens (primary N) is 1. The minimum absolute atomic E-state index is 0.00401. The summed E-state index contributed by atoms with van der Waals surface area (Å²) in [4.78, 5) is 12.0. The van der Waals surface area contributed by atoms with E-state index in [1.165, 1.54) is 0 Å². The van der Waals surface area contributed by atoms with Crippen LogP contribution in [0.1, 0.15) is 46.6 Å². The predicted molar refractivity (Wildman–Crippen MR) is 81.2 cm³/mol. The monoisotopic (exact) mass is 262 g/mol. The third-order valence-corrected chi connectivity index (χ3v) is 3.29. The smallest absolute Gasteiger partial charge is 0.225 e. The van der Waals surface area contributed by atoms with Gasteiger partial charge in [-0.1, -0.05) is 52.8 Å². The van der Waals surface area contributed by atoms with Crippen LogP contribution in [0.25, 0.3) is 0 Å². The van der Waals surface area contributed by atoms with Gasteiger partial charge in [-0.05, 0) is 23.0 Å². The van der Waals surface area contributed by atoms with Crippen molar-refractivity contribution >= 4 is 11.6 Å². The summed E-state index contributed by atoms with van der Waals surface area (Å²) >= 11 is 0. The van der Waals surface area contributed by atoms with Crippen LogP contribution in [0.5, 0.6) is 0 Å². The Bertz CT molecular complexity index is 433. The van der Waals surface area contributed by atoms with E-state index in [-0.39, 0.29) is 17.4 Å². The fourth-order valence-electron chi connectivity index (χ4n) is 1.90. The Morgan fingerprint density at radius 1 is 1.26 bits per heavy atom. The van der Waals surface area contributed by atoms with E-state index in [1.54, 1.807) is 0 Å². The number of hydrogen-bond acceptors (Lipinski definition) is 2. The van der Waals surface area contributed by atoms with Gasteiger partial charge in [0.2, 0.25) is 5.91 Å². The predicted octanol–water partition coefficient (Wildman–Crippen LogP) is 3.30. The van der Waals surface area contributed by atoms with Crippen LogP contribution in [0.2, 0.25) is 0 Å². The molecule has 106 valence electrons. The Kier molecular flexibility index (Phi) is 5.12. The summed E-state index contributed by atoms with van der Waals surface area (Å²) in [6.45, 7) is 10.5. The van der Waals surface area contributed by atoms with Crippen molar-refractivity contribution in [2.45, 2.75) is 52.5 Å². The first kappa shape index (κ1) is 15.7. The van der Waals surface area contributed by atoms with Crippen molar-refractivity contribution in [1.29, 1.82) is 0 Å². The van der Waals surface area contributed by atoms with E-state index in [4.69, 9.17) is 5.73 Å². The summed E-state index contributed by atoms with van der Waals surface area (Å²) in [6.07, 6.45) is 0.357. The maximum absolute atomic E-state index is 12.0. The van der Waals surface area contributed by atoms with Crippen LogP contribution in [-0.4, -0.2) is 11.9 Å². The summed E-state index contributed by atoms with van der Waals surface area (Å²) in [7, 11) is 0. The molecular formula is C16H26N2O. The lowest BCUT2D eigenvalue weighted by molar-refractivity contribution is -0.116. The van der Waals surface area contributed by atoms with E-state index in [1.807, 2.05) is 32.0 Å². The fraction of sp³-hybridized carbons (Fsp3) is 0.562. The van der Waals surface area contributed by atoms with Crippen LogP contribution in [0.15, 0.2) is 24.3 Å². The van der Waals surface area contributed by atoms with Crippen molar-refractivity contribution in [3.63, 3.8) is 0 Å². The normalized spacial score (nSPS) is 13.4. The molecule has 0 heterocycles. The van der Waals surface area contributed by atoms with Gasteiger partial charge in [0, 0.05) is 18.2 Å². The summed E-state index contributed by atoms with van der Waals surface area (Å²) in [5.74, 6) is 0.293. The second-order valence-corrected chi connectivity index (χ2v) is 6.46. The maximum Gasteiger partial charge on any atom is 0.225 e. The Balaban J connectivity index is 2.80. The second-order valence-electron chi connectivity index (χ2n) is 6.46. The number of rotatable bonds is 4. The number of anilines is 1. The van der Waals surface area contributed by atoms with Gasteiger partial charge in [-0.3, -0.25) is 4.79 Å². The van der Waals surface area contributed by atoms with Crippen molar-refractivity contribution < 1.29 is 4.79 Å². The number of carbonyl (C=O) groups is 1. The Hall–Kier alpha value is -1.35. The van der Waals surface area contributed by atoms with Crippen molar-refractivity contribution in [2.75, 3.05) is 5.32 Å². The first-order valence-electron chi connectivity index (χ1n) is 6.86. The molecule has 1 aromatic rings. The number of carbonyl (C=O) groups excluding carboxylic acids is 1. The topological polar surface area (TPSA) is 55.1 Å². The quantitative estimate of drug-likeness (QED) is 0.874. The molecule has 0 aliphatic heterocycles. The first-order valence-corrected chi connectivity index (χ1v) is 6.86. The SMILES string of the molecule is CC(C)C(N)CC(=O)Nc1ccccc1C(C)(C)C. The molecule has 19 heavy (non-hydrogen) atoms. The summed E-state index contributed by atoms with van der Waals surface area (Å²) in [6, 6.07) is 7.84. The zero-order chi connectivity index (χ0) is 14.6. The molecule has 0 radical (unpaired) electrons. The number of amides is 1. The molecule has 1 rings (SSSR count). The molecule has 3 heteroatoms. The van der Waals surface area contributed by atoms with Crippen molar-refractivity contribution in [3.8, 4) is 0 Å². The third-order valence-electron chi connectivity index (χ3n) is 3.29. The second kappa shape index (κ2) is 6.20. The molecule has 0 fully saturated rings. The Morgan fingerprint density at radius 2 is 1.84 bits per heavy atom. The number of hydrogen-bond donors (Lipinski definition) is 2. The molecule has 0 bridgehead atoms. The number of para-hydroxylation sites is 1. The molecule has 0 spiro atoms. The van der Waals surface area contributed by atoms with E-state index in [9.17, 15) is 4.79 Å². The minimum atomic E-state index is -0.0956. The van der Waals surface area contributed by atoms with Crippen LogP contribution in [-0.2, 0) is 10.2 Å². The standard InChI is InChI=1S/C16H26N2O/c1-11(2)13(17)10-15(19)18-14-9-7-6-8-12(14)16(3,4)5/h6-9,11,13H,10,17H2,1-5H3,(H,18,19).